The Bertz CT molecular complexity index is 986. The zero-order valence-electron chi connectivity index (χ0n) is 15.6. The second-order valence-electron chi connectivity index (χ2n) is 6.87. The minimum absolute atomic E-state index is 0.0164. The molecule has 28 heavy (non-hydrogen) atoms. The molecule has 0 saturated heterocycles. The fraction of sp³-hybridized carbons (Fsp3) is 0.286. The van der Waals surface area contributed by atoms with E-state index >= 15 is 0 Å². The van der Waals surface area contributed by atoms with Crippen LogP contribution in [0.2, 0.25) is 5.02 Å². The number of benzene rings is 2. The number of halogens is 1. The van der Waals surface area contributed by atoms with Gasteiger partial charge in [-0.25, -0.2) is 0 Å². The van der Waals surface area contributed by atoms with Crippen LogP contribution in [-0.4, -0.2) is 26.4 Å². The molecule has 3 aromatic rings. The van der Waals surface area contributed by atoms with Crippen molar-refractivity contribution in [1.82, 2.24) is 20.1 Å². The number of aromatic nitrogens is 3. The van der Waals surface area contributed by atoms with Crippen LogP contribution in [0.4, 0.5) is 0 Å². The van der Waals surface area contributed by atoms with Crippen LogP contribution in [0.25, 0.3) is 11.4 Å². The highest BCUT2D eigenvalue weighted by Crippen LogP contribution is 2.30. The number of hydrogen-bond acceptors (Lipinski definition) is 4. The van der Waals surface area contributed by atoms with Gasteiger partial charge >= 0.3 is 0 Å². The summed E-state index contributed by atoms with van der Waals surface area (Å²) in [7, 11) is 1.90. The number of hydrogen-bond donors (Lipinski definition) is 1. The number of rotatable bonds is 5. The topological polar surface area (TPSA) is 59.8 Å². The summed E-state index contributed by atoms with van der Waals surface area (Å²) in [4.78, 5) is 12.5. The minimum atomic E-state index is 0.0164. The van der Waals surface area contributed by atoms with Gasteiger partial charge in [-0.05, 0) is 54.7 Å². The first kappa shape index (κ1) is 19.0. The van der Waals surface area contributed by atoms with E-state index < -0.39 is 0 Å². The molecular weight excluding hydrogens is 392 g/mol. The van der Waals surface area contributed by atoms with Crippen molar-refractivity contribution in [3.63, 3.8) is 0 Å². The molecule has 1 aliphatic carbocycles. The normalized spacial score (nSPS) is 15.9. The van der Waals surface area contributed by atoms with Gasteiger partial charge in [0.15, 0.2) is 11.0 Å². The SMILES string of the molecule is Cn1c(SCC(=O)N[C@@H]2CCCc3ccccc32)nnc1-c1ccc(Cl)cc1. The van der Waals surface area contributed by atoms with E-state index in [1.165, 1.54) is 22.9 Å². The third kappa shape index (κ3) is 4.08. The summed E-state index contributed by atoms with van der Waals surface area (Å²) < 4.78 is 1.90. The number of nitrogens with zero attached hydrogens (tertiary/aromatic N) is 3. The number of thioether (sulfide) groups is 1. The zero-order valence-corrected chi connectivity index (χ0v) is 17.1. The molecule has 0 radical (unpaired) electrons. The lowest BCUT2D eigenvalue weighted by Gasteiger charge is -2.26. The Balaban J connectivity index is 1.39. The summed E-state index contributed by atoms with van der Waals surface area (Å²) in [5.74, 6) is 1.08. The van der Waals surface area contributed by atoms with Gasteiger partial charge < -0.3 is 9.88 Å². The van der Waals surface area contributed by atoms with E-state index in [-0.39, 0.29) is 11.9 Å². The molecule has 0 bridgehead atoms. The van der Waals surface area contributed by atoms with Crippen LogP contribution in [0.1, 0.15) is 30.0 Å². The van der Waals surface area contributed by atoms with E-state index in [0.717, 1.165) is 30.7 Å². The van der Waals surface area contributed by atoms with Gasteiger partial charge in [0.05, 0.1) is 11.8 Å². The monoisotopic (exact) mass is 412 g/mol. The first-order valence-electron chi connectivity index (χ1n) is 9.27. The van der Waals surface area contributed by atoms with Gasteiger partial charge in [0.1, 0.15) is 0 Å². The molecule has 1 atom stereocenters. The van der Waals surface area contributed by atoms with Crippen LogP contribution in [0, 0.1) is 0 Å². The Kier molecular flexibility index (Phi) is 5.69. The number of amides is 1. The Morgan fingerprint density at radius 3 is 2.82 bits per heavy atom. The summed E-state index contributed by atoms with van der Waals surface area (Å²) >= 11 is 7.34. The second kappa shape index (κ2) is 8.37. The van der Waals surface area contributed by atoms with Gasteiger partial charge in [-0.1, -0.05) is 47.6 Å². The fourth-order valence-corrected chi connectivity index (χ4v) is 4.41. The molecule has 0 unspecified atom stereocenters. The van der Waals surface area contributed by atoms with E-state index in [9.17, 15) is 4.79 Å². The lowest BCUT2D eigenvalue weighted by atomic mass is 9.88. The highest BCUT2D eigenvalue weighted by Gasteiger charge is 2.21. The predicted molar refractivity (Wildman–Crippen MR) is 112 cm³/mol. The van der Waals surface area contributed by atoms with Gasteiger partial charge in [0, 0.05) is 17.6 Å². The maximum atomic E-state index is 12.5. The largest absolute Gasteiger partial charge is 0.349 e. The van der Waals surface area contributed by atoms with Gasteiger partial charge in [-0.2, -0.15) is 0 Å². The van der Waals surface area contributed by atoms with Crippen molar-refractivity contribution in [3.05, 3.63) is 64.7 Å². The Hall–Kier alpha value is -2.31. The van der Waals surface area contributed by atoms with Crippen molar-refractivity contribution >= 4 is 29.3 Å². The van der Waals surface area contributed by atoms with Gasteiger partial charge in [0.25, 0.3) is 0 Å². The molecule has 1 N–H and O–H groups in total. The third-order valence-corrected chi connectivity index (χ3v) is 6.25. The van der Waals surface area contributed by atoms with E-state index in [2.05, 4.69) is 33.7 Å². The molecule has 1 aromatic heterocycles. The molecule has 1 heterocycles. The van der Waals surface area contributed by atoms with Gasteiger partial charge in [-0.15, -0.1) is 10.2 Å². The molecule has 1 amide bonds. The van der Waals surface area contributed by atoms with Gasteiger partial charge in [0.2, 0.25) is 5.91 Å². The highest BCUT2D eigenvalue weighted by molar-refractivity contribution is 7.99. The van der Waals surface area contributed by atoms with Crippen LogP contribution >= 0.6 is 23.4 Å². The van der Waals surface area contributed by atoms with Crippen LogP contribution in [0.15, 0.2) is 53.7 Å². The summed E-state index contributed by atoms with van der Waals surface area (Å²) in [5, 5.41) is 13.1. The van der Waals surface area contributed by atoms with Crippen LogP contribution in [0.5, 0.6) is 0 Å². The molecular formula is C21H21ClN4OS. The molecule has 5 nitrogen and oxygen atoms in total. The van der Waals surface area contributed by atoms with Gasteiger partial charge in [-0.3, -0.25) is 4.79 Å². The van der Waals surface area contributed by atoms with Crippen molar-refractivity contribution in [1.29, 1.82) is 0 Å². The van der Waals surface area contributed by atoms with Crippen molar-refractivity contribution in [2.45, 2.75) is 30.5 Å². The summed E-state index contributed by atoms with van der Waals surface area (Å²) in [6, 6.07) is 15.9. The molecule has 0 spiro atoms. The van der Waals surface area contributed by atoms with Crippen molar-refractivity contribution < 1.29 is 4.79 Å². The standard InChI is InChI=1S/C21H21ClN4OS/c1-26-20(15-9-11-16(22)12-10-15)24-25-21(26)28-13-19(27)23-18-8-4-6-14-5-2-3-7-17(14)18/h2-3,5,7,9-12,18H,4,6,8,13H2,1H3,(H,23,27)/t18-/m1/s1. The average molecular weight is 413 g/mol. The van der Waals surface area contributed by atoms with Crippen molar-refractivity contribution in [2.75, 3.05) is 5.75 Å². The quantitative estimate of drug-likeness (QED) is 0.630. The first-order chi connectivity index (χ1) is 13.6. The van der Waals surface area contributed by atoms with Crippen LogP contribution in [0.3, 0.4) is 0 Å². The minimum Gasteiger partial charge on any atom is -0.349 e. The van der Waals surface area contributed by atoms with Crippen LogP contribution < -0.4 is 5.32 Å². The number of carbonyl (C=O) groups excluding carboxylic acids is 1. The van der Waals surface area contributed by atoms with Crippen LogP contribution in [-0.2, 0) is 18.3 Å². The smallest absolute Gasteiger partial charge is 0.230 e. The number of carbonyl (C=O) groups is 1. The Labute approximate surface area is 173 Å². The third-order valence-electron chi connectivity index (χ3n) is 4.97. The first-order valence-corrected chi connectivity index (χ1v) is 10.6. The maximum absolute atomic E-state index is 12.5. The summed E-state index contributed by atoms with van der Waals surface area (Å²) in [5.41, 5.74) is 3.53. The predicted octanol–water partition coefficient (Wildman–Crippen LogP) is 4.42. The number of fused-ring (bicyclic) bond motifs is 1. The maximum Gasteiger partial charge on any atom is 0.230 e. The molecule has 7 heteroatoms. The highest BCUT2D eigenvalue weighted by atomic mass is 35.5. The lowest BCUT2D eigenvalue weighted by molar-refractivity contribution is -0.119. The summed E-state index contributed by atoms with van der Waals surface area (Å²) in [6.45, 7) is 0. The Morgan fingerprint density at radius 2 is 2.00 bits per heavy atom. The van der Waals surface area contributed by atoms with E-state index in [1.54, 1.807) is 0 Å². The average Bonchev–Trinajstić information content (AvgIpc) is 3.08. The summed E-state index contributed by atoms with van der Waals surface area (Å²) in [6.07, 6.45) is 3.17. The molecule has 4 rings (SSSR count). The second-order valence-corrected chi connectivity index (χ2v) is 8.25. The Morgan fingerprint density at radius 1 is 1.21 bits per heavy atom. The molecule has 1 aliphatic rings. The van der Waals surface area contributed by atoms with Crippen molar-refractivity contribution in [3.8, 4) is 11.4 Å². The van der Waals surface area contributed by atoms with E-state index in [0.29, 0.717) is 15.9 Å². The number of aryl methyl sites for hydroxylation is 1. The molecule has 0 fully saturated rings. The van der Waals surface area contributed by atoms with E-state index in [1.807, 2.05) is 41.9 Å². The molecule has 0 saturated carbocycles. The van der Waals surface area contributed by atoms with E-state index in [4.69, 9.17) is 11.6 Å². The fourth-order valence-electron chi connectivity index (χ4n) is 3.56. The lowest BCUT2D eigenvalue weighted by Crippen LogP contribution is -2.32. The molecule has 0 aliphatic heterocycles. The number of nitrogens with one attached hydrogen (secondary N) is 1. The van der Waals surface area contributed by atoms with Crippen molar-refractivity contribution in [2.24, 2.45) is 7.05 Å². The zero-order chi connectivity index (χ0) is 19.5. The molecule has 144 valence electrons. The molecule has 2 aromatic carbocycles.